The summed E-state index contributed by atoms with van der Waals surface area (Å²) >= 11 is 0. The third-order valence-electron chi connectivity index (χ3n) is 4.99. The van der Waals surface area contributed by atoms with Crippen molar-refractivity contribution in [3.63, 3.8) is 0 Å². The van der Waals surface area contributed by atoms with Crippen LogP contribution in [0.1, 0.15) is 23.6 Å². The normalized spacial score (nSPS) is 11.1. The summed E-state index contributed by atoms with van der Waals surface area (Å²) in [6, 6.07) is 16.6. The van der Waals surface area contributed by atoms with E-state index in [-0.39, 0.29) is 16.5 Å². The fourth-order valence-corrected chi connectivity index (χ4v) is 3.95. The second-order valence-corrected chi connectivity index (χ2v) is 9.06. The fourth-order valence-electron chi connectivity index (χ4n) is 3.07. The molecule has 0 aliphatic rings. The minimum absolute atomic E-state index is 0.0446. The number of sulfone groups is 1. The predicted octanol–water partition coefficient (Wildman–Crippen LogP) is 4.71. The second-order valence-electron chi connectivity index (χ2n) is 6.78. The Labute approximate surface area is 171 Å². The van der Waals surface area contributed by atoms with E-state index in [0.29, 0.717) is 11.3 Å². The van der Waals surface area contributed by atoms with Crippen LogP contribution < -0.4 is 4.74 Å². The molecule has 3 rings (SSSR count). The SMILES string of the molecule is CCS(=O)(=O)c1ccc(-c2cc(C#N)c(OC)nc2-c2ccc(C)c(C)c2)cc1. The van der Waals surface area contributed by atoms with E-state index in [4.69, 9.17) is 4.74 Å². The molecule has 148 valence electrons. The third kappa shape index (κ3) is 4.01. The molecular formula is C23H22N2O3S. The van der Waals surface area contributed by atoms with E-state index >= 15 is 0 Å². The zero-order valence-electron chi connectivity index (χ0n) is 16.9. The van der Waals surface area contributed by atoms with Crippen LogP contribution >= 0.6 is 0 Å². The molecule has 0 bridgehead atoms. The first kappa shape index (κ1) is 20.6. The van der Waals surface area contributed by atoms with Gasteiger partial charge in [0.05, 0.1) is 23.5 Å². The van der Waals surface area contributed by atoms with Crippen molar-refractivity contribution in [3.05, 3.63) is 65.2 Å². The topological polar surface area (TPSA) is 80.0 Å². The van der Waals surface area contributed by atoms with Crippen molar-refractivity contribution >= 4 is 9.84 Å². The van der Waals surface area contributed by atoms with Gasteiger partial charge in [-0.1, -0.05) is 31.2 Å². The summed E-state index contributed by atoms with van der Waals surface area (Å²) in [5.74, 6) is 0.303. The smallest absolute Gasteiger partial charge is 0.232 e. The standard InChI is InChI=1S/C23H22N2O3S/c1-5-29(26,27)20-10-8-17(9-11-20)21-13-19(14-24)23(28-4)25-22(21)18-7-6-15(2)16(3)12-18/h6-13H,5H2,1-4H3. The number of aryl methyl sites for hydroxylation is 2. The number of hydrogen-bond donors (Lipinski definition) is 0. The minimum Gasteiger partial charge on any atom is -0.480 e. The summed E-state index contributed by atoms with van der Waals surface area (Å²) in [5, 5.41) is 9.50. The van der Waals surface area contributed by atoms with Crippen molar-refractivity contribution < 1.29 is 13.2 Å². The number of pyridine rings is 1. The Morgan fingerprint density at radius 2 is 1.66 bits per heavy atom. The molecule has 5 nitrogen and oxygen atoms in total. The van der Waals surface area contributed by atoms with E-state index in [2.05, 4.69) is 11.1 Å². The number of nitriles is 1. The summed E-state index contributed by atoms with van der Waals surface area (Å²) < 4.78 is 29.5. The van der Waals surface area contributed by atoms with Gasteiger partial charge in [0.2, 0.25) is 5.88 Å². The van der Waals surface area contributed by atoms with E-state index in [1.165, 1.54) is 12.7 Å². The number of rotatable bonds is 5. The molecule has 0 aliphatic carbocycles. The van der Waals surface area contributed by atoms with Crippen LogP contribution in [0.2, 0.25) is 0 Å². The number of nitrogens with zero attached hydrogens (tertiary/aromatic N) is 2. The first-order valence-electron chi connectivity index (χ1n) is 9.20. The van der Waals surface area contributed by atoms with Crippen LogP contribution in [0.4, 0.5) is 0 Å². The second kappa shape index (κ2) is 8.06. The van der Waals surface area contributed by atoms with Gasteiger partial charge in [-0.2, -0.15) is 5.26 Å². The van der Waals surface area contributed by atoms with Crippen LogP contribution in [0, 0.1) is 25.2 Å². The molecule has 0 saturated carbocycles. The number of methoxy groups -OCH3 is 1. The molecule has 0 N–H and O–H groups in total. The summed E-state index contributed by atoms with van der Waals surface area (Å²) in [6.07, 6.45) is 0. The van der Waals surface area contributed by atoms with E-state index < -0.39 is 9.84 Å². The van der Waals surface area contributed by atoms with Gasteiger partial charge in [0.25, 0.3) is 0 Å². The summed E-state index contributed by atoms with van der Waals surface area (Å²) in [5.41, 5.74) is 5.71. The maximum absolute atomic E-state index is 12.1. The molecule has 1 aromatic heterocycles. The van der Waals surface area contributed by atoms with Crippen molar-refractivity contribution in [2.24, 2.45) is 0 Å². The molecule has 0 aliphatic heterocycles. The zero-order chi connectivity index (χ0) is 21.2. The van der Waals surface area contributed by atoms with E-state index in [1.807, 2.05) is 32.0 Å². The van der Waals surface area contributed by atoms with E-state index in [0.717, 1.165) is 22.3 Å². The minimum atomic E-state index is -3.28. The van der Waals surface area contributed by atoms with Crippen molar-refractivity contribution in [2.75, 3.05) is 12.9 Å². The van der Waals surface area contributed by atoms with Gasteiger partial charge in [-0.15, -0.1) is 0 Å². The first-order valence-corrected chi connectivity index (χ1v) is 10.9. The molecule has 0 radical (unpaired) electrons. The molecule has 6 heteroatoms. The number of aromatic nitrogens is 1. The van der Waals surface area contributed by atoms with Crippen LogP contribution in [-0.4, -0.2) is 26.3 Å². The maximum atomic E-state index is 12.1. The van der Waals surface area contributed by atoms with Crippen LogP contribution in [0.25, 0.3) is 22.4 Å². The van der Waals surface area contributed by atoms with Gasteiger partial charge in [0.1, 0.15) is 11.6 Å². The lowest BCUT2D eigenvalue weighted by Gasteiger charge is -2.14. The molecular weight excluding hydrogens is 384 g/mol. The number of hydrogen-bond acceptors (Lipinski definition) is 5. The third-order valence-corrected chi connectivity index (χ3v) is 6.74. The van der Waals surface area contributed by atoms with Gasteiger partial charge in [-0.3, -0.25) is 0 Å². The van der Waals surface area contributed by atoms with Crippen LogP contribution in [-0.2, 0) is 9.84 Å². The van der Waals surface area contributed by atoms with Crippen LogP contribution in [0.3, 0.4) is 0 Å². The monoisotopic (exact) mass is 406 g/mol. The maximum Gasteiger partial charge on any atom is 0.232 e. The van der Waals surface area contributed by atoms with E-state index in [9.17, 15) is 13.7 Å². The van der Waals surface area contributed by atoms with Crippen LogP contribution in [0.5, 0.6) is 5.88 Å². The van der Waals surface area contributed by atoms with E-state index in [1.54, 1.807) is 37.3 Å². The molecule has 0 atom stereocenters. The van der Waals surface area contributed by atoms with Crippen molar-refractivity contribution in [1.29, 1.82) is 5.26 Å². The summed E-state index contributed by atoms with van der Waals surface area (Å²) in [7, 11) is -1.80. The molecule has 0 spiro atoms. The summed E-state index contributed by atoms with van der Waals surface area (Å²) in [4.78, 5) is 4.88. The molecule has 3 aromatic rings. The Balaban J connectivity index is 2.24. The lowest BCUT2D eigenvalue weighted by atomic mass is 9.96. The average Bonchev–Trinajstić information content (AvgIpc) is 2.74. The Morgan fingerprint density at radius 1 is 1.00 bits per heavy atom. The quantitative estimate of drug-likeness (QED) is 0.613. The Bertz CT molecular complexity index is 1210. The van der Waals surface area contributed by atoms with Gasteiger partial charge in [-0.25, -0.2) is 13.4 Å². The van der Waals surface area contributed by atoms with Crippen LogP contribution in [0.15, 0.2) is 53.4 Å². The van der Waals surface area contributed by atoms with Gasteiger partial charge >= 0.3 is 0 Å². The molecule has 1 heterocycles. The highest BCUT2D eigenvalue weighted by Gasteiger charge is 2.17. The molecule has 0 saturated heterocycles. The first-order chi connectivity index (χ1) is 13.8. The highest BCUT2D eigenvalue weighted by Crippen LogP contribution is 2.35. The summed E-state index contributed by atoms with van der Waals surface area (Å²) in [6.45, 7) is 5.69. The largest absolute Gasteiger partial charge is 0.480 e. The lowest BCUT2D eigenvalue weighted by molar-refractivity contribution is 0.397. The number of ether oxygens (including phenoxy) is 1. The Morgan fingerprint density at radius 3 is 2.21 bits per heavy atom. The molecule has 2 aromatic carbocycles. The number of benzene rings is 2. The molecule has 0 amide bonds. The molecule has 0 fully saturated rings. The highest BCUT2D eigenvalue weighted by molar-refractivity contribution is 7.91. The average molecular weight is 407 g/mol. The zero-order valence-corrected chi connectivity index (χ0v) is 17.7. The molecule has 0 unspecified atom stereocenters. The Hall–Kier alpha value is -3.17. The van der Waals surface area contributed by atoms with Crippen molar-refractivity contribution in [3.8, 4) is 34.3 Å². The van der Waals surface area contributed by atoms with Gasteiger partial charge in [-0.05, 0) is 54.8 Å². The molecule has 29 heavy (non-hydrogen) atoms. The van der Waals surface area contributed by atoms with Gasteiger partial charge < -0.3 is 4.74 Å². The lowest BCUT2D eigenvalue weighted by Crippen LogP contribution is -2.03. The van der Waals surface area contributed by atoms with Gasteiger partial charge in [0.15, 0.2) is 9.84 Å². The van der Waals surface area contributed by atoms with Crippen molar-refractivity contribution in [1.82, 2.24) is 4.98 Å². The van der Waals surface area contributed by atoms with Crippen molar-refractivity contribution in [2.45, 2.75) is 25.7 Å². The highest BCUT2D eigenvalue weighted by atomic mass is 32.2. The predicted molar refractivity (Wildman–Crippen MR) is 114 cm³/mol. The Kier molecular flexibility index (Phi) is 5.71. The fraction of sp³-hybridized carbons (Fsp3) is 0.217. The van der Waals surface area contributed by atoms with Gasteiger partial charge in [0, 0.05) is 11.1 Å².